The maximum Gasteiger partial charge on any atom is 0.251 e. The Morgan fingerprint density at radius 3 is 2.75 bits per heavy atom. The molecule has 3 saturated heterocycles. The first-order valence-electron chi connectivity index (χ1n) is 9.10. The normalized spacial score (nSPS) is 30.8. The number of anilines is 1. The highest BCUT2D eigenvalue weighted by Gasteiger charge is 2.43. The van der Waals surface area contributed by atoms with E-state index in [0.717, 1.165) is 38.8 Å². The molecule has 130 valence electrons. The van der Waals surface area contributed by atoms with E-state index in [-0.39, 0.29) is 17.6 Å². The largest absolute Gasteiger partial charge is 0.369 e. The Hall–Kier alpha value is -1.59. The molecule has 3 fully saturated rings. The molecule has 24 heavy (non-hydrogen) atoms. The molecule has 3 heterocycles. The lowest BCUT2D eigenvalue weighted by molar-refractivity contribution is -0.160. The van der Waals surface area contributed by atoms with Crippen molar-refractivity contribution in [1.82, 2.24) is 4.90 Å². The number of morpholine rings is 1. The zero-order chi connectivity index (χ0) is 16.4. The molecule has 0 radical (unpaired) electrons. The molecule has 0 aliphatic carbocycles. The maximum absolute atomic E-state index is 12.7. The summed E-state index contributed by atoms with van der Waals surface area (Å²) in [6, 6.07) is 10.5. The number of nitrogens with zero attached hydrogens (tertiary/aromatic N) is 2. The van der Waals surface area contributed by atoms with Gasteiger partial charge in [0.2, 0.25) is 0 Å². The van der Waals surface area contributed by atoms with Crippen LogP contribution < -0.4 is 4.90 Å². The van der Waals surface area contributed by atoms with Crippen LogP contribution in [0.3, 0.4) is 0 Å². The highest BCUT2D eigenvalue weighted by Crippen LogP contribution is 2.32. The van der Waals surface area contributed by atoms with Crippen molar-refractivity contribution >= 4 is 11.6 Å². The van der Waals surface area contributed by atoms with E-state index in [4.69, 9.17) is 9.47 Å². The fourth-order valence-corrected chi connectivity index (χ4v) is 4.21. The van der Waals surface area contributed by atoms with E-state index >= 15 is 0 Å². The topological polar surface area (TPSA) is 42.0 Å². The van der Waals surface area contributed by atoms with Crippen molar-refractivity contribution in [2.24, 2.45) is 0 Å². The smallest absolute Gasteiger partial charge is 0.251 e. The van der Waals surface area contributed by atoms with Crippen LogP contribution in [0.25, 0.3) is 0 Å². The van der Waals surface area contributed by atoms with Gasteiger partial charge in [-0.2, -0.15) is 0 Å². The monoisotopic (exact) mass is 330 g/mol. The van der Waals surface area contributed by atoms with Crippen molar-refractivity contribution < 1.29 is 14.3 Å². The molecule has 1 amide bonds. The van der Waals surface area contributed by atoms with Crippen LogP contribution in [-0.2, 0) is 14.3 Å². The van der Waals surface area contributed by atoms with Crippen molar-refractivity contribution in [2.75, 3.05) is 44.3 Å². The van der Waals surface area contributed by atoms with Gasteiger partial charge in [0, 0.05) is 31.9 Å². The van der Waals surface area contributed by atoms with Crippen molar-refractivity contribution in [3.05, 3.63) is 30.3 Å². The molecule has 0 unspecified atom stereocenters. The fourth-order valence-electron chi connectivity index (χ4n) is 4.21. The Balaban J connectivity index is 1.46. The molecule has 1 spiro atoms. The summed E-state index contributed by atoms with van der Waals surface area (Å²) in [5, 5.41) is 0. The zero-order valence-electron chi connectivity index (χ0n) is 14.2. The number of carbonyl (C=O) groups excluding carboxylic acids is 1. The summed E-state index contributed by atoms with van der Waals surface area (Å²) in [5.41, 5.74) is 1.00. The second-order valence-electron chi connectivity index (χ2n) is 7.15. The zero-order valence-corrected chi connectivity index (χ0v) is 14.2. The predicted octanol–water partition coefficient (Wildman–Crippen LogP) is 2.06. The van der Waals surface area contributed by atoms with Crippen molar-refractivity contribution in [2.45, 2.75) is 37.4 Å². The molecule has 5 heteroatoms. The third kappa shape index (κ3) is 3.15. The molecular formula is C19H26N2O3. The molecule has 5 nitrogen and oxygen atoms in total. The van der Waals surface area contributed by atoms with Gasteiger partial charge in [-0.3, -0.25) is 4.79 Å². The van der Waals surface area contributed by atoms with Gasteiger partial charge in [0.1, 0.15) is 11.7 Å². The number of hydrogen-bond acceptors (Lipinski definition) is 4. The summed E-state index contributed by atoms with van der Waals surface area (Å²) in [6.07, 6.45) is 3.74. The van der Waals surface area contributed by atoms with Gasteiger partial charge in [-0.1, -0.05) is 18.2 Å². The van der Waals surface area contributed by atoms with Gasteiger partial charge in [-0.15, -0.1) is 0 Å². The second-order valence-corrected chi connectivity index (χ2v) is 7.15. The third-order valence-corrected chi connectivity index (χ3v) is 5.43. The van der Waals surface area contributed by atoms with Crippen molar-refractivity contribution in [3.8, 4) is 0 Å². The Morgan fingerprint density at radius 1 is 1.08 bits per heavy atom. The van der Waals surface area contributed by atoms with E-state index in [9.17, 15) is 4.79 Å². The first kappa shape index (κ1) is 15.9. The highest BCUT2D eigenvalue weighted by molar-refractivity contribution is 5.81. The number of hydrogen-bond donors (Lipinski definition) is 0. The standard InChI is InChI=1S/C19H26N2O3/c22-18(17-8-4-12-23-17)21-11-13-24-19(15-21)9-5-10-20(14-19)16-6-2-1-3-7-16/h1-3,6-7,17H,4-5,8-15H2/t17-,19-/m1/s1. The van der Waals surface area contributed by atoms with Crippen LogP contribution in [-0.4, -0.2) is 61.9 Å². The van der Waals surface area contributed by atoms with E-state index in [1.54, 1.807) is 0 Å². The van der Waals surface area contributed by atoms with E-state index in [0.29, 0.717) is 26.3 Å². The van der Waals surface area contributed by atoms with Gasteiger partial charge < -0.3 is 19.3 Å². The van der Waals surface area contributed by atoms with Gasteiger partial charge in [0.25, 0.3) is 5.91 Å². The minimum Gasteiger partial charge on any atom is -0.369 e. The predicted molar refractivity (Wildman–Crippen MR) is 92.1 cm³/mol. The Kier molecular flexibility index (Phi) is 4.46. The summed E-state index contributed by atoms with van der Waals surface area (Å²) < 4.78 is 11.8. The van der Waals surface area contributed by atoms with E-state index in [2.05, 4.69) is 29.2 Å². The SMILES string of the molecule is O=C([C@H]1CCCO1)N1CCO[C@@]2(CCCN(c3ccccc3)C2)C1. The minimum absolute atomic E-state index is 0.159. The molecule has 3 aliphatic rings. The van der Waals surface area contributed by atoms with Crippen LogP contribution in [0.5, 0.6) is 0 Å². The molecule has 2 atom stereocenters. The number of piperidine rings is 1. The Labute approximate surface area is 143 Å². The molecule has 0 saturated carbocycles. The lowest BCUT2D eigenvalue weighted by Gasteiger charge is -2.48. The molecule has 4 rings (SSSR count). The summed E-state index contributed by atoms with van der Waals surface area (Å²) in [5.74, 6) is 0.159. The van der Waals surface area contributed by atoms with E-state index in [1.165, 1.54) is 5.69 Å². The van der Waals surface area contributed by atoms with Gasteiger partial charge in [-0.05, 0) is 37.8 Å². The van der Waals surface area contributed by atoms with Gasteiger partial charge in [0.15, 0.2) is 0 Å². The lowest BCUT2D eigenvalue weighted by Crippen LogP contribution is -2.61. The number of amides is 1. The summed E-state index contributed by atoms with van der Waals surface area (Å²) in [4.78, 5) is 17.1. The lowest BCUT2D eigenvalue weighted by atomic mass is 9.90. The number of rotatable bonds is 2. The minimum atomic E-state index is -0.236. The Morgan fingerprint density at radius 2 is 1.96 bits per heavy atom. The molecule has 1 aromatic rings. The number of carbonyl (C=O) groups is 1. The first-order chi connectivity index (χ1) is 11.8. The summed E-state index contributed by atoms with van der Waals surface area (Å²) in [6.45, 7) is 4.62. The van der Waals surface area contributed by atoms with Crippen molar-refractivity contribution in [3.63, 3.8) is 0 Å². The summed E-state index contributed by atoms with van der Waals surface area (Å²) in [7, 11) is 0. The number of ether oxygens (including phenoxy) is 2. The van der Waals surface area contributed by atoms with Gasteiger partial charge >= 0.3 is 0 Å². The third-order valence-electron chi connectivity index (χ3n) is 5.43. The van der Waals surface area contributed by atoms with Crippen molar-refractivity contribution in [1.29, 1.82) is 0 Å². The van der Waals surface area contributed by atoms with Crippen LogP contribution in [0.1, 0.15) is 25.7 Å². The van der Waals surface area contributed by atoms with Crippen LogP contribution in [0.15, 0.2) is 30.3 Å². The highest BCUT2D eigenvalue weighted by atomic mass is 16.5. The molecule has 0 bridgehead atoms. The van der Waals surface area contributed by atoms with Crippen LogP contribution in [0.2, 0.25) is 0 Å². The van der Waals surface area contributed by atoms with Gasteiger partial charge in [0.05, 0.1) is 13.2 Å². The first-order valence-corrected chi connectivity index (χ1v) is 9.10. The molecule has 1 aromatic carbocycles. The summed E-state index contributed by atoms with van der Waals surface area (Å²) >= 11 is 0. The van der Waals surface area contributed by atoms with Crippen LogP contribution in [0.4, 0.5) is 5.69 Å². The molecule has 0 aromatic heterocycles. The van der Waals surface area contributed by atoms with E-state index in [1.807, 2.05) is 11.0 Å². The number of benzene rings is 1. The van der Waals surface area contributed by atoms with E-state index < -0.39 is 0 Å². The number of para-hydroxylation sites is 1. The van der Waals surface area contributed by atoms with Crippen LogP contribution in [0, 0.1) is 0 Å². The average molecular weight is 330 g/mol. The molecule has 0 N–H and O–H groups in total. The fraction of sp³-hybridized carbons (Fsp3) is 0.632. The average Bonchev–Trinajstić information content (AvgIpc) is 3.17. The van der Waals surface area contributed by atoms with Gasteiger partial charge in [-0.25, -0.2) is 0 Å². The van der Waals surface area contributed by atoms with Crippen LogP contribution >= 0.6 is 0 Å². The quantitative estimate of drug-likeness (QED) is 0.832. The molecular weight excluding hydrogens is 304 g/mol. The maximum atomic E-state index is 12.7. The second kappa shape index (κ2) is 6.73. The molecule has 3 aliphatic heterocycles. The Bertz CT molecular complexity index is 569.